The average Bonchev–Trinajstić information content (AvgIpc) is 1.56. The predicted octanol–water partition coefficient (Wildman–Crippen LogP) is 2.07. The predicted molar refractivity (Wildman–Crippen MR) is 47.2 cm³/mol. The Morgan fingerprint density at radius 3 is 2.30 bits per heavy atom. The number of carbonyl (C=O) groups excluding carboxylic acids is 1. The van der Waals surface area contributed by atoms with Gasteiger partial charge in [0.05, 0.1) is 0 Å². The SMILES string of the molecule is CC12CC(NC(=O)I)(C1)C2. The van der Waals surface area contributed by atoms with Gasteiger partial charge in [-0.25, -0.2) is 0 Å². The molecule has 0 unspecified atom stereocenters. The van der Waals surface area contributed by atoms with E-state index in [9.17, 15) is 4.79 Å². The minimum absolute atomic E-state index is 0.0966. The van der Waals surface area contributed by atoms with E-state index in [0.717, 1.165) is 0 Å². The zero-order valence-electron chi connectivity index (χ0n) is 5.91. The Labute approximate surface area is 73.9 Å². The van der Waals surface area contributed by atoms with Crippen molar-refractivity contribution in [1.29, 1.82) is 0 Å². The fraction of sp³-hybridized carbons (Fsp3) is 0.857. The number of amides is 1. The topological polar surface area (TPSA) is 29.1 Å². The molecular weight excluding hydrogens is 241 g/mol. The molecule has 0 aliphatic heterocycles. The molecular formula is C7H10INO. The molecule has 0 saturated heterocycles. The molecule has 0 atom stereocenters. The van der Waals surface area contributed by atoms with Crippen LogP contribution in [0.25, 0.3) is 0 Å². The van der Waals surface area contributed by atoms with E-state index in [-0.39, 0.29) is 9.45 Å². The first-order valence-electron chi connectivity index (χ1n) is 3.51. The van der Waals surface area contributed by atoms with Gasteiger partial charge in [0.2, 0.25) is 0 Å². The Hall–Kier alpha value is 0.200. The molecule has 10 heavy (non-hydrogen) atoms. The van der Waals surface area contributed by atoms with Crippen molar-refractivity contribution >= 4 is 26.5 Å². The number of carbonyl (C=O) groups is 1. The number of halogens is 1. The van der Waals surface area contributed by atoms with Crippen LogP contribution in [0.3, 0.4) is 0 Å². The highest BCUT2D eigenvalue weighted by Gasteiger charge is 2.65. The standard InChI is InChI=1S/C7H10INO/c1-6-2-7(3-6,4-6)9-5(8)10/h2-4H2,1H3,(H,9,10). The van der Waals surface area contributed by atoms with Crippen molar-refractivity contribution in [3.05, 3.63) is 0 Å². The molecule has 0 spiro atoms. The van der Waals surface area contributed by atoms with Gasteiger partial charge in [-0.15, -0.1) is 0 Å². The summed E-state index contributed by atoms with van der Waals surface area (Å²) in [4.78, 5) is 10.7. The number of hydrogen-bond acceptors (Lipinski definition) is 1. The Kier molecular flexibility index (Phi) is 1.15. The van der Waals surface area contributed by atoms with Crippen molar-refractivity contribution in [2.75, 3.05) is 0 Å². The Bertz CT molecular complexity index is 182. The molecule has 0 aromatic heterocycles. The molecule has 3 saturated carbocycles. The van der Waals surface area contributed by atoms with Gasteiger partial charge >= 0.3 is 0 Å². The first-order valence-corrected chi connectivity index (χ1v) is 4.59. The number of nitrogens with one attached hydrogen (secondary N) is 1. The summed E-state index contributed by atoms with van der Waals surface area (Å²) in [5, 5.41) is 2.99. The first-order chi connectivity index (χ1) is 4.54. The molecule has 0 heterocycles. The van der Waals surface area contributed by atoms with Crippen LogP contribution in [-0.4, -0.2) is 9.45 Å². The summed E-state index contributed by atoms with van der Waals surface area (Å²) in [7, 11) is 0. The van der Waals surface area contributed by atoms with E-state index in [0.29, 0.717) is 5.41 Å². The van der Waals surface area contributed by atoms with Crippen LogP contribution in [-0.2, 0) is 0 Å². The van der Waals surface area contributed by atoms with Crippen molar-refractivity contribution in [2.24, 2.45) is 5.41 Å². The average molecular weight is 251 g/mol. The summed E-state index contributed by atoms with van der Waals surface area (Å²) in [6.07, 6.45) is 3.61. The van der Waals surface area contributed by atoms with E-state index in [1.54, 1.807) is 22.6 Å². The second-order valence-corrected chi connectivity index (χ2v) is 5.00. The summed E-state index contributed by atoms with van der Waals surface area (Å²) in [6, 6.07) is 0. The molecule has 2 nitrogen and oxygen atoms in total. The fourth-order valence-corrected chi connectivity index (χ4v) is 3.21. The van der Waals surface area contributed by atoms with E-state index >= 15 is 0 Å². The van der Waals surface area contributed by atoms with Crippen molar-refractivity contribution < 1.29 is 4.79 Å². The van der Waals surface area contributed by atoms with Gasteiger partial charge in [-0.1, -0.05) is 6.92 Å². The van der Waals surface area contributed by atoms with Crippen LogP contribution < -0.4 is 5.32 Å². The van der Waals surface area contributed by atoms with E-state index in [1.165, 1.54) is 19.3 Å². The molecule has 0 aromatic carbocycles. The summed E-state index contributed by atoms with van der Waals surface area (Å²) in [5.41, 5.74) is 0.839. The lowest BCUT2D eigenvalue weighted by molar-refractivity contribution is -0.130. The van der Waals surface area contributed by atoms with E-state index in [2.05, 4.69) is 12.2 Å². The van der Waals surface area contributed by atoms with Crippen LogP contribution in [0.1, 0.15) is 26.2 Å². The Morgan fingerprint density at radius 1 is 1.50 bits per heavy atom. The molecule has 3 aliphatic rings. The third kappa shape index (κ3) is 0.790. The molecule has 3 heteroatoms. The zero-order chi connectivity index (χ0) is 7.41. The fourth-order valence-electron chi connectivity index (χ4n) is 2.64. The number of hydrogen-bond donors (Lipinski definition) is 1. The van der Waals surface area contributed by atoms with Gasteiger partial charge in [0, 0.05) is 28.1 Å². The molecule has 0 radical (unpaired) electrons. The third-order valence-corrected chi connectivity index (χ3v) is 2.93. The Balaban J connectivity index is 1.93. The van der Waals surface area contributed by atoms with Crippen LogP contribution in [0.15, 0.2) is 0 Å². The summed E-state index contributed by atoms with van der Waals surface area (Å²) in [5.74, 6) is 0. The van der Waals surface area contributed by atoms with E-state index in [1.807, 2.05) is 0 Å². The van der Waals surface area contributed by atoms with Crippen molar-refractivity contribution in [3.8, 4) is 0 Å². The van der Waals surface area contributed by atoms with Crippen LogP contribution >= 0.6 is 22.6 Å². The monoisotopic (exact) mass is 251 g/mol. The highest BCUT2D eigenvalue weighted by atomic mass is 127. The van der Waals surface area contributed by atoms with E-state index in [4.69, 9.17) is 0 Å². The molecule has 56 valence electrons. The van der Waals surface area contributed by atoms with Crippen LogP contribution in [0.4, 0.5) is 4.79 Å². The Morgan fingerprint density at radius 2 is 2.00 bits per heavy atom. The maximum Gasteiger partial charge on any atom is 0.281 e. The number of rotatable bonds is 1. The molecule has 3 fully saturated rings. The largest absolute Gasteiger partial charge is 0.342 e. The minimum atomic E-state index is 0.0966. The third-order valence-electron chi connectivity index (χ3n) is 2.66. The van der Waals surface area contributed by atoms with Gasteiger partial charge in [-0.3, -0.25) is 4.79 Å². The highest BCUT2D eigenvalue weighted by molar-refractivity contribution is 14.1. The first kappa shape index (κ1) is 6.88. The van der Waals surface area contributed by atoms with Gasteiger partial charge < -0.3 is 5.32 Å². The zero-order valence-corrected chi connectivity index (χ0v) is 8.07. The van der Waals surface area contributed by atoms with Gasteiger partial charge in [-0.05, 0) is 24.7 Å². The van der Waals surface area contributed by atoms with E-state index < -0.39 is 0 Å². The smallest absolute Gasteiger partial charge is 0.281 e. The van der Waals surface area contributed by atoms with Crippen LogP contribution in [0, 0.1) is 5.41 Å². The van der Waals surface area contributed by atoms with Crippen LogP contribution in [0.2, 0.25) is 0 Å². The second kappa shape index (κ2) is 1.68. The molecule has 1 amide bonds. The summed E-state index contributed by atoms with van der Waals surface area (Å²) < 4.78 is 0.0966. The molecule has 0 aromatic rings. The molecule has 3 rings (SSSR count). The molecule has 3 aliphatic carbocycles. The van der Waals surface area contributed by atoms with Crippen LogP contribution in [0.5, 0.6) is 0 Å². The van der Waals surface area contributed by atoms with Gasteiger partial charge in [-0.2, -0.15) is 0 Å². The highest BCUT2D eigenvalue weighted by Crippen LogP contribution is 2.66. The minimum Gasteiger partial charge on any atom is -0.342 e. The second-order valence-electron chi connectivity index (χ2n) is 4.02. The van der Waals surface area contributed by atoms with Gasteiger partial charge in [0.15, 0.2) is 0 Å². The van der Waals surface area contributed by atoms with Crippen molar-refractivity contribution in [1.82, 2.24) is 5.32 Å². The normalized spacial score (nSPS) is 49.0. The lowest BCUT2D eigenvalue weighted by atomic mass is 9.40. The summed E-state index contributed by atoms with van der Waals surface area (Å²) >= 11 is 1.80. The van der Waals surface area contributed by atoms with Gasteiger partial charge in [0.1, 0.15) is 0 Å². The molecule has 2 bridgehead atoms. The van der Waals surface area contributed by atoms with Crippen molar-refractivity contribution in [2.45, 2.75) is 31.7 Å². The lowest BCUT2D eigenvalue weighted by Crippen LogP contribution is -2.72. The lowest BCUT2D eigenvalue weighted by Gasteiger charge is -2.69. The quantitative estimate of drug-likeness (QED) is 0.431. The maximum absolute atomic E-state index is 10.7. The summed E-state index contributed by atoms with van der Waals surface area (Å²) in [6.45, 7) is 2.29. The van der Waals surface area contributed by atoms with Crippen molar-refractivity contribution in [3.63, 3.8) is 0 Å². The van der Waals surface area contributed by atoms with Gasteiger partial charge in [0.25, 0.3) is 3.91 Å². The maximum atomic E-state index is 10.7. The molecule has 1 N–H and O–H groups in total.